The van der Waals surface area contributed by atoms with Gasteiger partial charge in [-0.3, -0.25) is 9.69 Å². The van der Waals surface area contributed by atoms with E-state index in [1.165, 1.54) is 16.2 Å². The Hall–Kier alpha value is -2.87. The number of Topliss-reactive ketones (excluding diaryl/α,β-unsaturated/α-hetero) is 1. The molecule has 0 fully saturated rings. The lowest BCUT2D eigenvalue weighted by atomic mass is 9.78. The van der Waals surface area contributed by atoms with Crippen molar-refractivity contribution in [2.75, 3.05) is 4.90 Å². The van der Waals surface area contributed by atoms with Crippen LogP contribution in [0.15, 0.2) is 34.8 Å². The molecule has 2 aromatic heterocycles. The number of ketones is 1. The Morgan fingerprint density at radius 2 is 1.77 bits per heavy atom. The summed E-state index contributed by atoms with van der Waals surface area (Å²) in [6, 6.07) is 8.98. The van der Waals surface area contributed by atoms with Crippen LogP contribution >= 0.6 is 22.7 Å². The molecule has 3 aliphatic rings. The first-order valence-corrected chi connectivity index (χ1v) is 14.0. The fraction of sp³-hybridized carbons (Fsp3) is 0.464. The van der Waals surface area contributed by atoms with E-state index in [4.69, 9.17) is 5.73 Å². The smallest absolute Gasteiger partial charge is 0.161 e. The molecule has 1 atom stereocenters. The standard InChI is InChI=1S/C28H30N4OS2/c1-28(2,3)23-13-12-22(34-23)24-18(15-30)26(31)32(19-9-7-10-20(33)25(19)24)27-17(14-29)16-8-5-4-6-11-21(16)35-27/h12-13,24H,4-11,31H2,1-3H3/t24-/m0/s1. The summed E-state index contributed by atoms with van der Waals surface area (Å²) in [7, 11) is 0. The fourth-order valence-electron chi connectivity index (χ4n) is 5.52. The number of hydrogen-bond donors (Lipinski definition) is 1. The zero-order chi connectivity index (χ0) is 24.9. The highest BCUT2D eigenvalue weighted by Crippen LogP contribution is 2.51. The van der Waals surface area contributed by atoms with Gasteiger partial charge in [0.1, 0.15) is 16.9 Å². The maximum atomic E-state index is 13.4. The Balaban J connectivity index is 1.72. The van der Waals surface area contributed by atoms with E-state index < -0.39 is 5.92 Å². The Kier molecular flexibility index (Phi) is 6.11. The van der Waals surface area contributed by atoms with Crippen molar-refractivity contribution < 1.29 is 4.79 Å². The minimum absolute atomic E-state index is 0.0179. The molecule has 0 saturated carbocycles. The summed E-state index contributed by atoms with van der Waals surface area (Å²) in [6.07, 6.45) is 7.18. The molecule has 2 aliphatic carbocycles. The zero-order valence-corrected chi connectivity index (χ0v) is 22.2. The highest BCUT2D eigenvalue weighted by Gasteiger charge is 2.42. The van der Waals surface area contributed by atoms with Crippen LogP contribution in [0.3, 0.4) is 0 Å². The van der Waals surface area contributed by atoms with Gasteiger partial charge in [-0.1, -0.05) is 27.2 Å². The van der Waals surface area contributed by atoms with E-state index in [2.05, 4.69) is 45.0 Å². The lowest BCUT2D eigenvalue weighted by Gasteiger charge is -2.38. The number of nitrogens with zero attached hydrogens (tertiary/aromatic N) is 3. The van der Waals surface area contributed by atoms with Gasteiger partial charge in [0.15, 0.2) is 5.78 Å². The van der Waals surface area contributed by atoms with Crippen LogP contribution in [-0.2, 0) is 23.1 Å². The molecule has 5 rings (SSSR count). The van der Waals surface area contributed by atoms with Crippen molar-refractivity contribution in [1.29, 1.82) is 10.5 Å². The van der Waals surface area contributed by atoms with Crippen LogP contribution in [0, 0.1) is 22.7 Å². The lowest BCUT2D eigenvalue weighted by molar-refractivity contribution is -0.116. The highest BCUT2D eigenvalue weighted by molar-refractivity contribution is 7.16. The Morgan fingerprint density at radius 1 is 1.00 bits per heavy atom. The zero-order valence-electron chi connectivity index (χ0n) is 20.5. The summed E-state index contributed by atoms with van der Waals surface area (Å²) in [5.41, 5.74) is 10.6. The predicted octanol–water partition coefficient (Wildman–Crippen LogP) is 6.55. The first-order chi connectivity index (χ1) is 16.8. The number of anilines is 1. The molecule has 0 aromatic carbocycles. The van der Waals surface area contributed by atoms with Gasteiger partial charge in [0.2, 0.25) is 0 Å². The highest BCUT2D eigenvalue weighted by atomic mass is 32.1. The van der Waals surface area contributed by atoms with Crippen molar-refractivity contribution >= 4 is 33.5 Å². The van der Waals surface area contributed by atoms with E-state index >= 15 is 0 Å². The van der Waals surface area contributed by atoms with Crippen molar-refractivity contribution in [3.63, 3.8) is 0 Å². The van der Waals surface area contributed by atoms with Crippen LogP contribution in [0.5, 0.6) is 0 Å². The van der Waals surface area contributed by atoms with Gasteiger partial charge in [0, 0.05) is 32.3 Å². The van der Waals surface area contributed by atoms with E-state index in [9.17, 15) is 15.3 Å². The maximum Gasteiger partial charge on any atom is 0.161 e. The van der Waals surface area contributed by atoms with Crippen LogP contribution in [0.1, 0.15) is 91.0 Å². The Labute approximate surface area is 215 Å². The maximum absolute atomic E-state index is 13.4. The number of thiophene rings is 2. The van der Waals surface area contributed by atoms with Crippen molar-refractivity contribution in [2.24, 2.45) is 5.73 Å². The van der Waals surface area contributed by atoms with E-state index in [-0.39, 0.29) is 11.2 Å². The van der Waals surface area contributed by atoms with Crippen molar-refractivity contribution in [1.82, 2.24) is 0 Å². The molecule has 35 heavy (non-hydrogen) atoms. The van der Waals surface area contributed by atoms with E-state index in [0.717, 1.165) is 53.2 Å². The third-order valence-corrected chi connectivity index (χ3v) is 10.1. The van der Waals surface area contributed by atoms with Crippen LogP contribution in [0.25, 0.3) is 0 Å². The first-order valence-electron chi connectivity index (χ1n) is 12.4. The Bertz CT molecular complexity index is 1350. The summed E-state index contributed by atoms with van der Waals surface area (Å²) in [5.74, 6) is 0.0110. The quantitative estimate of drug-likeness (QED) is 0.470. The average molecular weight is 503 g/mol. The van der Waals surface area contributed by atoms with Crippen LogP contribution in [0.4, 0.5) is 5.00 Å². The van der Waals surface area contributed by atoms with Gasteiger partial charge >= 0.3 is 0 Å². The number of fused-ring (bicyclic) bond motifs is 1. The molecule has 0 amide bonds. The number of carbonyl (C=O) groups excluding carboxylic acids is 1. The van der Waals surface area contributed by atoms with Crippen LogP contribution in [-0.4, -0.2) is 5.78 Å². The van der Waals surface area contributed by atoms with Gasteiger partial charge in [-0.05, 0) is 61.6 Å². The number of nitriles is 2. The first kappa shape index (κ1) is 23.9. The number of allylic oxidation sites excluding steroid dienone is 3. The monoisotopic (exact) mass is 502 g/mol. The molecule has 0 spiro atoms. The molecule has 0 saturated heterocycles. The molecule has 3 heterocycles. The number of aryl methyl sites for hydroxylation is 1. The molecule has 0 unspecified atom stereocenters. The molecule has 0 radical (unpaired) electrons. The second-order valence-corrected chi connectivity index (χ2v) is 12.8. The third kappa shape index (κ3) is 3.92. The van der Waals surface area contributed by atoms with Gasteiger partial charge < -0.3 is 5.73 Å². The van der Waals surface area contributed by atoms with Crippen molar-refractivity contribution in [3.05, 3.63) is 60.6 Å². The normalized spacial score (nSPS) is 20.8. The minimum atomic E-state index is -0.441. The summed E-state index contributed by atoms with van der Waals surface area (Å²) in [6.45, 7) is 6.50. The molecule has 7 heteroatoms. The van der Waals surface area contributed by atoms with Crippen molar-refractivity contribution in [3.8, 4) is 12.1 Å². The predicted molar refractivity (Wildman–Crippen MR) is 141 cm³/mol. The summed E-state index contributed by atoms with van der Waals surface area (Å²) < 4.78 is 0. The summed E-state index contributed by atoms with van der Waals surface area (Å²) >= 11 is 3.28. The van der Waals surface area contributed by atoms with Gasteiger partial charge in [-0.25, -0.2) is 0 Å². The molecule has 2 N–H and O–H groups in total. The van der Waals surface area contributed by atoms with E-state index in [1.54, 1.807) is 22.7 Å². The SMILES string of the molecule is CC(C)(C)c1ccc([C@@H]2C(C#N)=C(N)N(c3sc4c(c3C#N)CCCCC4)C3=C2C(=O)CCC3)s1. The van der Waals surface area contributed by atoms with Crippen LogP contribution < -0.4 is 10.6 Å². The molecular weight excluding hydrogens is 472 g/mol. The number of nitrogens with two attached hydrogens (primary N) is 1. The topological polar surface area (TPSA) is 93.9 Å². The van der Waals surface area contributed by atoms with E-state index in [0.29, 0.717) is 35.4 Å². The second-order valence-electron chi connectivity index (χ2n) is 10.6. The molecule has 180 valence electrons. The van der Waals surface area contributed by atoms with Gasteiger partial charge in [-0.2, -0.15) is 10.5 Å². The second kappa shape index (κ2) is 8.97. The van der Waals surface area contributed by atoms with Gasteiger partial charge in [0.05, 0.1) is 23.1 Å². The van der Waals surface area contributed by atoms with Crippen LogP contribution in [0.2, 0.25) is 0 Å². The van der Waals surface area contributed by atoms with Gasteiger partial charge in [-0.15, -0.1) is 22.7 Å². The van der Waals surface area contributed by atoms with Gasteiger partial charge in [0.25, 0.3) is 0 Å². The molecule has 0 bridgehead atoms. The van der Waals surface area contributed by atoms with Crippen molar-refractivity contribution in [2.45, 2.75) is 83.5 Å². The fourth-order valence-corrected chi connectivity index (χ4v) is 8.08. The largest absolute Gasteiger partial charge is 0.384 e. The molecule has 5 nitrogen and oxygen atoms in total. The molecule has 2 aromatic rings. The minimum Gasteiger partial charge on any atom is -0.384 e. The lowest BCUT2D eigenvalue weighted by Crippen LogP contribution is -2.38. The number of carbonyl (C=O) groups is 1. The molecular formula is C28H30N4OS2. The Morgan fingerprint density at radius 3 is 2.46 bits per heavy atom. The summed E-state index contributed by atoms with van der Waals surface area (Å²) in [4.78, 5) is 18.8. The number of hydrogen-bond acceptors (Lipinski definition) is 7. The van der Waals surface area contributed by atoms with E-state index in [1.807, 2.05) is 4.90 Å². The summed E-state index contributed by atoms with van der Waals surface area (Å²) in [5, 5.41) is 21.3. The molecule has 1 aliphatic heterocycles. The number of rotatable bonds is 2. The third-order valence-electron chi connectivity index (χ3n) is 7.28. The average Bonchev–Trinajstić information content (AvgIpc) is 3.37.